The number of hydrogen-bond donors (Lipinski definition) is 0. The molecule has 0 N–H and O–H groups in total. The molecular weight excluding hydrogens is 322 g/mol. The van der Waals surface area contributed by atoms with Gasteiger partial charge in [0.05, 0.1) is 0 Å². The second kappa shape index (κ2) is 8.02. The molecule has 1 heterocycles. The lowest BCUT2D eigenvalue weighted by Crippen LogP contribution is -2.52. The van der Waals surface area contributed by atoms with Gasteiger partial charge in [0.15, 0.2) is 0 Å². The van der Waals surface area contributed by atoms with Crippen LogP contribution in [0.15, 0.2) is 11.6 Å². The second-order valence-corrected chi connectivity index (χ2v) is 9.51. The van der Waals surface area contributed by atoms with E-state index in [1.807, 2.05) is 18.7 Å². The van der Waals surface area contributed by atoms with E-state index in [1.54, 1.807) is 5.57 Å². The van der Waals surface area contributed by atoms with Crippen LogP contribution in [0.2, 0.25) is 0 Å². The van der Waals surface area contributed by atoms with Crippen LogP contribution >= 0.6 is 0 Å². The minimum absolute atomic E-state index is 0.122. The highest BCUT2D eigenvalue weighted by atomic mass is 16.2. The zero-order valence-electron chi connectivity index (χ0n) is 17.6. The Morgan fingerprint density at radius 3 is 2.50 bits per heavy atom. The van der Waals surface area contributed by atoms with E-state index in [0.717, 1.165) is 64.2 Å². The third kappa shape index (κ3) is 4.01. The van der Waals surface area contributed by atoms with Crippen molar-refractivity contribution in [2.24, 2.45) is 23.2 Å². The number of amides is 1. The standard InChI is InChI=1S/C22H39N3O/c1-6-23(16-18-7-8-19-15-20(18)22(19,4)5)9-10-24-11-13-25(14-12-24)21(26)17(2)3/h7,17,19-20H,6,8-16H2,1-5H3. The van der Waals surface area contributed by atoms with Crippen molar-refractivity contribution in [2.45, 2.75) is 47.5 Å². The van der Waals surface area contributed by atoms with Crippen molar-refractivity contribution in [1.82, 2.24) is 14.7 Å². The highest BCUT2D eigenvalue weighted by Gasteiger charge is 2.51. The third-order valence-electron chi connectivity index (χ3n) is 7.35. The molecule has 1 aliphatic heterocycles. The van der Waals surface area contributed by atoms with Crippen LogP contribution in [0.1, 0.15) is 47.5 Å². The second-order valence-electron chi connectivity index (χ2n) is 9.51. The fourth-order valence-corrected chi connectivity index (χ4v) is 5.10. The first kappa shape index (κ1) is 19.9. The Balaban J connectivity index is 1.43. The molecule has 0 spiro atoms. The van der Waals surface area contributed by atoms with E-state index in [-0.39, 0.29) is 5.92 Å². The van der Waals surface area contributed by atoms with Gasteiger partial charge in [-0.15, -0.1) is 0 Å². The van der Waals surface area contributed by atoms with E-state index in [4.69, 9.17) is 0 Å². The van der Waals surface area contributed by atoms with Crippen molar-refractivity contribution in [2.75, 3.05) is 52.4 Å². The molecule has 0 radical (unpaired) electrons. The van der Waals surface area contributed by atoms with Crippen LogP contribution in [0, 0.1) is 23.2 Å². The third-order valence-corrected chi connectivity index (χ3v) is 7.35. The van der Waals surface area contributed by atoms with Gasteiger partial charge in [0.1, 0.15) is 0 Å². The van der Waals surface area contributed by atoms with Gasteiger partial charge in [-0.1, -0.05) is 46.3 Å². The molecule has 4 aliphatic rings. The van der Waals surface area contributed by atoms with Crippen LogP contribution in [0.3, 0.4) is 0 Å². The first-order chi connectivity index (χ1) is 12.3. The molecule has 0 aromatic rings. The van der Waals surface area contributed by atoms with Crippen LogP contribution in [0.25, 0.3) is 0 Å². The van der Waals surface area contributed by atoms with Crippen LogP contribution in [-0.2, 0) is 4.79 Å². The Morgan fingerprint density at radius 2 is 1.96 bits per heavy atom. The summed E-state index contributed by atoms with van der Waals surface area (Å²) < 4.78 is 0. The van der Waals surface area contributed by atoms with Crippen molar-refractivity contribution < 1.29 is 4.79 Å². The Morgan fingerprint density at radius 1 is 1.27 bits per heavy atom. The highest BCUT2D eigenvalue weighted by molar-refractivity contribution is 5.78. The number of nitrogens with zero attached hydrogens (tertiary/aromatic N) is 3. The summed E-state index contributed by atoms with van der Waals surface area (Å²) in [5, 5.41) is 0. The molecule has 0 aromatic heterocycles. The largest absolute Gasteiger partial charge is 0.340 e. The molecule has 1 amide bonds. The van der Waals surface area contributed by atoms with E-state index in [2.05, 4.69) is 36.6 Å². The molecular formula is C22H39N3O. The van der Waals surface area contributed by atoms with E-state index in [0.29, 0.717) is 11.3 Å². The average Bonchev–Trinajstić information content (AvgIpc) is 2.64. The topological polar surface area (TPSA) is 26.8 Å². The van der Waals surface area contributed by atoms with Crippen molar-refractivity contribution in [1.29, 1.82) is 0 Å². The Hall–Kier alpha value is -0.870. The monoisotopic (exact) mass is 361 g/mol. The van der Waals surface area contributed by atoms with Gasteiger partial charge < -0.3 is 4.90 Å². The highest BCUT2D eigenvalue weighted by Crippen LogP contribution is 2.59. The molecule has 2 fully saturated rings. The predicted molar refractivity (Wildman–Crippen MR) is 108 cm³/mol. The maximum Gasteiger partial charge on any atom is 0.225 e. The van der Waals surface area contributed by atoms with Gasteiger partial charge in [-0.3, -0.25) is 14.6 Å². The number of fused-ring (bicyclic) bond motifs is 1. The molecule has 2 bridgehead atoms. The minimum atomic E-state index is 0.122. The molecule has 2 unspecified atom stereocenters. The maximum absolute atomic E-state index is 12.1. The minimum Gasteiger partial charge on any atom is -0.340 e. The zero-order valence-corrected chi connectivity index (χ0v) is 17.6. The molecule has 1 saturated heterocycles. The summed E-state index contributed by atoms with van der Waals surface area (Å²) >= 11 is 0. The fraction of sp³-hybridized carbons (Fsp3) is 0.864. The Labute approximate surface area is 160 Å². The van der Waals surface area contributed by atoms with E-state index >= 15 is 0 Å². The van der Waals surface area contributed by atoms with Crippen LogP contribution in [0.5, 0.6) is 0 Å². The van der Waals surface area contributed by atoms with Crippen LogP contribution in [0.4, 0.5) is 0 Å². The van der Waals surface area contributed by atoms with E-state index in [1.165, 1.54) is 12.8 Å². The van der Waals surface area contributed by atoms with Gasteiger partial charge in [0.2, 0.25) is 5.91 Å². The Kier molecular flexibility index (Phi) is 6.13. The number of rotatable bonds is 7. The quantitative estimate of drug-likeness (QED) is 0.652. The molecule has 148 valence electrons. The number of allylic oxidation sites excluding steroid dienone is 1. The van der Waals surface area contributed by atoms with Crippen LogP contribution in [-0.4, -0.2) is 73.0 Å². The molecule has 1 saturated carbocycles. The van der Waals surface area contributed by atoms with Crippen molar-refractivity contribution in [3.05, 3.63) is 11.6 Å². The summed E-state index contributed by atoms with van der Waals surface area (Å²) in [6.45, 7) is 19.6. The number of piperazine rings is 1. The van der Waals surface area contributed by atoms with E-state index in [9.17, 15) is 4.79 Å². The number of carbonyl (C=O) groups excluding carboxylic acids is 1. The van der Waals surface area contributed by atoms with Crippen molar-refractivity contribution in [3.63, 3.8) is 0 Å². The Bertz CT molecular complexity index is 532. The summed E-state index contributed by atoms with van der Waals surface area (Å²) in [6, 6.07) is 0. The molecule has 26 heavy (non-hydrogen) atoms. The van der Waals surface area contributed by atoms with Crippen LogP contribution < -0.4 is 0 Å². The summed E-state index contributed by atoms with van der Waals surface area (Å²) in [5.41, 5.74) is 2.23. The summed E-state index contributed by atoms with van der Waals surface area (Å²) in [5.74, 6) is 2.18. The van der Waals surface area contributed by atoms with E-state index < -0.39 is 0 Å². The zero-order chi connectivity index (χ0) is 18.9. The van der Waals surface area contributed by atoms with Crippen molar-refractivity contribution in [3.8, 4) is 0 Å². The van der Waals surface area contributed by atoms with Gasteiger partial charge >= 0.3 is 0 Å². The number of hydrogen-bond acceptors (Lipinski definition) is 3. The number of carbonyl (C=O) groups is 1. The van der Waals surface area contributed by atoms with Gasteiger partial charge in [-0.05, 0) is 36.6 Å². The molecule has 3 aliphatic carbocycles. The predicted octanol–water partition coefficient (Wildman–Crippen LogP) is 3.10. The lowest BCUT2D eigenvalue weighted by molar-refractivity contribution is -0.136. The van der Waals surface area contributed by atoms with Gasteiger partial charge in [-0.25, -0.2) is 0 Å². The lowest BCUT2D eigenvalue weighted by atomic mass is 9.49. The SMILES string of the molecule is CCN(CCN1CCN(C(=O)C(C)C)CC1)CC1=CCC2CC1C2(C)C. The summed E-state index contributed by atoms with van der Waals surface area (Å²) in [7, 11) is 0. The lowest BCUT2D eigenvalue weighted by Gasteiger charge is -2.57. The smallest absolute Gasteiger partial charge is 0.225 e. The van der Waals surface area contributed by atoms with Gasteiger partial charge in [-0.2, -0.15) is 0 Å². The summed E-state index contributed by atoms with van der Waals surface area (Å²) in [6.07, 6.45) is 5.26. The van der Waals surface area contributed by atoms with Gasteiger partial charge in [0.25, 0.3) is 0 Å². The summed E-state index contributed by atoms with van der Waals surface area (Å²) in [4.78, 5) is 19.3. The molecule has 4 heteroatoms. The fourth-order valence-electron chi connectivity index (χ4n) is 5.10. The van der Waals surface area contributed by atoms with Crippen molar-refractivity contribution >= 4 is 5.91 Å². The number of likely N-dealkylation sites (N-methyl/N-ethyl adjacent to an activating group) is 1. The molecule has 0 aromatic carbocycles. The first-order valence-corrected chi connectivity index (χ1v) is 10.7. The average molecular weight is 362 g/mol. The normalized spacial score (nSPS) is 28.3. The first-order valence-electron chi connectivity index (χ1n) is 10.7. The molecule has 2 atom stereocenters. The molecule has 4 nitrogen and oxygen atoms in total. The maximum atomic E-state index is 12.1. The van der Waals surface area contributed by atoms with Gasteiger partial charge in [0, 0.05) is 51.7 Å². The molecule has 4 rings (SSSR count).